The first-order valence-corrected chi connectivity index (χ1v) is 7.71. The molecule has 0 bridgehead atoms. The molecule has 0 spiro atoms. The van der Waals surface area contributed by atoms with Crippen LogP contribution in [0.3, 0.4) is 0 Å². The second-order valence-electron chi connectivity index (χ2n) is 3.83. The van der Waals surface area contributed by atoms with Gasteiger partial charge < -0.3 is 9.83 Å². The van der Waals surface area contributed by atoms with Crippen molar-refractivity contribution in [2.45, 2.75) is 33.1 Å². The molecule has 0 saturated carbocycles. The molecule has 0 aliphatic carbocycles. The number of aliphatic carboxylic acids is 1. The third-order valence-corrected chi connectivity index (χ3v) is 3.07. The van der Waals surface area contributed by atoms with Crippen molar-refractivity contribution >= 4 is 36.3 Å². The van der Waals surface area contributed by atoms with Crippen LogP contribution < -0.4 is 4.72 Å². The second-order valence-corrected chi connectivity index (χ2v) is 5.50. The molecular weight excluding hydrogens is 313 g/mol. The topological polar surface area (TPSA) is 49.3 Å². The van der Waals surface area contributed by atoms with Crippen LogP contribution in [0.4, 0.5) is 0 Å². The van der Waals surface area contributed by atoms with Gasteiger partial charge in [-0.25, -0.2) is 0 Å². The summed E-state index contributed by atoms with van der Waals surface area (Å²) in [5.41, 5.74) is 0.322. The summed E-state index contributed by atoms with van der Waals surface area (Å²) in [6, 6.07) is 0. The van der Waals surface area contributed by atoms with Gasteiger partial charge >= 0.3 is 5.97 Å². The molecule has 0 aliphatic heterocycles. The minimum absolute atomic E-state index is 0.627. The molecule has 3 nitrogen and oxygen atoms in total. The molecule has 0 aromatic rings. The molecule has 5 heteroatoms. The molecule has 0 saturated heterocycles. The smallest absolute Gasteiger partial charge is 0.309 e. The Kier molecular flexibility index (Phi) is 6.59. The maximum absolute atomic E-state index is 10.8. The lowest BCUT2D eigenvalue weighted by Crippen LogP contribution is -2.23. The highest BCUT2D eigenvalue weighted by atomic mass is 127. The largest absolute Gasteiger partial charge is 0.481 e. The Bertz CT molecular complexity index is 219. The first kappa shape index (κ1) is 14.1. The fourth-order valence-electron chi connectivity index (χ4n) is 0.956. The lowest BCUT2D eigenvalue weighted by atomic mass is 9.87. The summed E-state index contributed by atoms with van der Waals surface area (Å²) in [6.45, 7) is 7.32. The molecule has 0 atom stereocenters. The van der Waals surface area contributed by atoms with Crippen LogP contribution in [-0.2, 0) is 4.79 Å². The van der Waals surface area contributed by atoms with E-state index in [0.29, 0.717) is 6.42 Å². The van der Waals surface area contributed by atoms with Gasteiger partial charge in [0, 0.05) is 36.0 Å². The second kappa shape index (κ2) is 6.55. The van der Waals surface area contributed by atoms with E-state index in [1.807, 2.05) is 0 Å². The van der Waals surface area contributed by atoms with E-state index in [4.69, 9.17) is 5.11 Å². The van der Waals surface area contributed by atoms with E-state index in [2.05, 4.69) is 32.5 Å². The predicted molar refractivity (Wildman–Crippen MR) is 69.2 cm³/mol. The molecule has 0 aliphatic rings. The third-order valence-electron chi connectivity index (χ3n) is 2.04. The van der Waals surface area contributed by atoms with Gasteiger partial charge in [0.1, 0.15) is 0 Å². The predicted octanol–water partition coefficient (Wildman–Crippen LogP) is 3.37. The van der Waals surface area contributed by atoms with Gasteiger partial charge in [-0.1, -0.05) is 6.58 Å². The van der Waals surface area contributed by atoms with Gasteiger partial charge in [-0.15, -0.1) is 0 Å². The average molecular weight is 329 g/mol. The van der Waals surface area contributed by atoms with Crippen molar-refractivity contribution in [1.29, 1.82) is 0 Å². The number of hydrogen-bond donors (Lipinski definition) is 2. The molecule has 0 aromatic heterocycles. The fraction of sp³-hybridized carbons (Fsp3) is 0.667. The monoisotopic (exact) mass is 329 g/mol. The Hall–Kier alpha value is 0.0900. The van der Waals surface area contributed by atoms with Crippen LogP contribution in [0.15, 0.2) is 12.3 Å². The zero-order chi connectivity index (χ0) is 11.2. The standard InChI is InChI=1S/C9H16INO2S/c1-7(11-14-10)5-4-6-9(2,3)8(12)13/h11H,1,4-6H2,2-3H3,(H,12,13). The van der Waals surface area contributed by atoms with Gasteiger partial charge in [-0.2, -0.15) is 0 Å². The van der Waals surface area contributed by atoms with Crippen molar-refractivity contribution in [3.8, 4) is 0 Å². The highest BCUT2D eigenvalue weighted by Gasteiger charge is 2.26. The number of halogens is 1. The summed E-state index contributed by atoms with van der Waals surface area (Å²) in [6.07, 6.45) is 2.35. The summed E-state index contributed by atoms with van der Waals surface area (Å²) in [4.78, 5) is 10.8. The number of carboxylic acid groups (broad SMARTS) is 1. The Morgan fingerprint density at radius 3 is 2.64 bits per heavy atom. The molecule has 0 fully saturated rings. The first-order valence-electron chi connectivity index (χ1n) is 4.35. The average Bonchev–Trinajstić information content (AvgIpc) is 2.04. The summed E-state index contributed by atoms with van der Waals surface area (Å²) in [5, 5.41) is 8.87. The number of carbonyl (C=O) groups is 1. The van der Waals surface area contributed by atoms with E-state index < -0.39 is 11.4 Å². The number of allylic oxidation sites excluding steroid dienone is 1. The van der Waals surface area contributed by atoms with Gasteiger partial charge in [0.05, 0.1) is 5.41 Å². The van der Waals surface area contributed by atoms with Crippen molar-refractivity contribution in [2.24, 2.45) is 5.41 Å². The van der Waals surface area contributed by atoms with Crippen molar-refractivity contribution in [3.05, 3.63) is 12.3 Å². The zero-order valence-electron chi connectivity index (χ0n) is 8.47. The van der Waals surface area contributed by atoms with Crippen LogP contribution in [0, 0.1) is 5.41 Å². The Balaban J connectivity index is 3.74. The van der Waals surface area contributed by atoms with Crippen LogP contribution in [0.1, 0.15) is 33.1 Å². The first-order chi connectivity index (χ1) is 6.40. The van der Waals surface area contributed by atoms with E-state index in [9.17, 15) is 4.79 Å². The van der Waals surface area contributed by atoms with Gasteiger partial charge in [0.25, 0.3) is 0 Å². The highest BCUT2D eigenvalue weighted by Crippen LogP contribution is 2.24. The molecule has 0 radical (unpaired) electrons. The maximum Gasteiger partial charge on any atom is 0.309 e. The zero-order valence-corrected chi connectivity index (χ0v) is 11.4. The van der Waals surface area contributed by atoms with E-state index in [0.717, 1.165) is 18.5 Å². The lowest BCUT2D eigenvalue weighted by Gasteiger charge is -2.18. The molecule has 0 aromatic carbocycles. The lowest BCUT2D eigenvalue weighted by molar-refractivity contribution is -0.147. The molecule has 82 valence electrons. The van der Waals surface area contributed by atoms with Crippen molar-refractivity contribution in [2.75, 3.05) is 0 Å². The number of rotatable bonds is 7. The van der Waals surface area contributed by atoms with E-state index in [-0.39, 0.29) is 0 Å². The number of hydrogen-bond acceptors (Lipinski definition) is 3. The third kappa shape index (κ3) is 5.74. The molecule has 0 heterocycles. The minimum atomic E-state index is -0.737. The number of carboxylic acids is 1. The maximum atomic E-state index is 10.8. The van der Waals surface area contributed by atoms with Crippen LogP contribution >= 0.6 is 30.3 Å². The van der Waals surface area contributed by atoms with Crippen LogP contribution in [0.25, 0.3) is 0 Å². The molecule has 2 N–H and O–H groups in total. The Morgan fingerprint density at radius 2 is 2.21 bits per heavy atom. The SMILES string of the molecule is C=C(CCCC(C)(C)C(=O)O)NSI. The molecular formula is C9H16INO2S. The molecule has 0 amide bonds. The molecule has 14 heavy (non-hydrogen) atoms. The molecule has 0 unspecified atom stereocenters. The fourth-order valence-corrected chi connectivity index (χ4v) is 2.10. The van der Waals surface area contributed by atoms with Crippen LogP contribution in [0.2, 0.25) is 0 Å². The van der Waals surface area contributed by atoms with Gasteiger partial charge in [-0.3, -0.25) is 4.79 Å². The van der Waals surface area contributed by atoms with Gasteiger partial charge in [0.15, 0.2) is 0 Å². The summed E-state index contributed by atoms with van der Waals surface area (Å²) in [7, 11) is 1.48. The van der Waals surface area contributed by atoms with Gasteiger partial charge in [-0.05, 0) is 33.1 Å². The van der Waals surface area contributed by atoms with Crippen molar-refractivity contribution in [3.63, 3.8) is 0 Å². The van der Waals surface area contributed by atoms with Crippen molar-refractivity contribution < 1.29 is 9.90 Å². The minimum Gasteiger partial charge on any atom is -0.481 e. The Labute approximate surface area is 101 Å². The number of nitrogens with one attached hydrogen (secondary N) is 1. The van der Waals surface area contributed by atoms with E-state index in [1.165, 1.54) is 9.12 Å². The Morgan fingerprint density at radius 1 is 1.64 bits per heavy atom. The molecule has 0 rings (SSSR count). The summed E-state index contributed by atoms with van der Waals surface area (Å²) < 4.78 is 3.02. The van der Waals surface area contributed by atoms with E-state index in [1.54, 1.807) is 13.8 Å². The van der Waals surface area contributed by atoms with Gasteiger partial charge in [0.2, 0.25) is 0 Å². The quantitative estimate of drug-likeness (QED) is 0.555. The normalized spacial score (nSPS) is 11.1. The summed E-state index contributed by atoms with van der Waals surface area (Å²) in [5.74, 6) is -0.737. The van der Waals surface area contributed by atoms with Crippen molar-refractivity contribution in [1.82, 2.24) is 4.72 Å². The summed E-state index contributed by atoms with van der Waals surface area (Å²) >= 11 is 2.13. The van der Waals surface area contributed by atoms with E-state index >= 15 is 0 Å². The van der Waals surface area contributed by atoms with Crippen LogP contribution in [0.5, 0.6) is 0 Å². The van der Waals surface area contributed by atoms with Crippen LogP contribution in [-0.4, -0.2) is 11.1 Å². The highest BCUT2D eigenvalue weighted by molar-refractivity contribution is 14.2.